The van der Waals surface area contributed by atoms with Gasteiger partial charge in [-0.05, 0) is 24.0 Å². The van der Waals surface area contributed by atoms with Crippen molar-refractivity contribution in [2.75, 3.05) is 12.4 Å². The fraction of sp³-hybridized carbons (Fsp3) is 0.375. The van der Waals surface area contributed by atoms with Crippen molar-refractivity contribution in [3.63, 3.8) is 0 Å². The van der Waals surface area contributed by atoms with E-state index >= 15 is 0 Å². The number of aryl methyl sites for hydroxylation is 1. The summed E-state index contributed by atoms with van der Waals surface area (Å²) in [4.78, 5) is 15.7. The van der Waals surface area contributed by atoms with Crippen LogP contribution in [0, 0.1) is 0 Å². The first kappa shape index (κ1) is 14.1. The zero-order valence-electron chi connectivity index (χ0n) is 12.0. The molecule has 1 aromatic carbocycles. The van der Waals surface area contributed by atoms with Crippen molar-refractivity contribution < 1.29 is 9.53 Å². The molecule has 1 N–H and O–H groups in total. The highest BCUT2D eigenvalue weighted by molar-refractivity contribution is 7.13. The summed E-state index contributed by atoms with van der Waals surface area (Å²) < 4.78 is 4.64. The van der Waals surface area contributed by atoms with Gasteiger partial charge in [0.25, 0.3) is 0 Å². The maximum atomic E-state index is 11.1. The minimum atomic E-state index is -0.191. The average Bonchev–Trinajstić information content (AvgIpc) is 3.10. The average molecular weight is 302 g/mol. The van der Waals surface area contributed by atoms with Crippen LogP contribution in [-0.4, -0.2) is 24.1 Å². The summed E-state index contributed by atoms with van der Waals surface area (Å²) in [5.74, 6) is -0.191. The maximum Gasteiger partial charge on any atom is 0.305 e. The van der Waals surface area contributed by atoms with Crippen LogP contribution in [-0.2, 0) is 28.8 Å². The molecule has 0 amide bonds. The molecule has 2 aromatic rings. The van der Waals surface area contributed by atoms with E-state index in [0.717, 1.165) is 23.7 Å². The van der Waals surface area contributed by atoms with Crippen LogP contribution in [0.1, 0.15) is 23.2 Å². The number of benzene rings is 1. The number of hydrogen-bond donors (Lipinski definition) is 1. The highest BCUT2D eigenvalue weighted by atomic mass is 32.1. The van der Waals surface area contributed by atoms with E-state index in [4.69, 9.17) is 0 Å². The topological polar surface area (TPSA) is 51.2 Å². The molecule has 0 fully saturated rings. The first-order valence-electron chi connectivity index (χ1n) is 7.09. The van der Waals surface area contributed by atoms with Crippen LogP contribution in [0.3, 0.4) is 0 Å². The quantitative estimate of drug-likeness (QED) is 0.863. The first-order chi connectivity index (χ1) is 10.2. The molecule has 5 heteroatoms. The van der Waals surface area contributed by atoms with Crippen molar-refractivity contribution in [3.8, 4) is 0 Å². The Balaban J connectivity index is 1.55. The number of anilines is 1. The molecule has 21 heavy (non-hydrogen) atoms. The Morgan fingerprint density at radius 1 is 1.38 bits per heavy atom. The van der Waals surface area contributed by atoms with E-state index in [1.165, 1.54) is 18.2 Å². The van der Waals surface area contributed by atoms with Gasteiger partial charge in [-0.2, -0.15) is 0 Å². The highest BCUT2D eigenvalue weighted by Crippen LogP contribution is 2.26. The Morgan fingerprint density at radius 3 is 2.76 bits per heavy atom. The molecule has 1 aliphatic carbocycles. The standard InChI is InChI=1S/C16H18N2O2S/c1-20-15(19)7-6-13-10-21-16(17-13)18-14-8-11-4-2-3-5-12(11)9-14/h2-5,10,14H,6-9H2,1H3,(H,17,18). The molecule has 0 radical (unpaired) electrons. The molecule has 0 unspecified atom stereocenters. The lowest BCUT2D eigenvalue weighted by molar-refractivity contribution is -0.140. The van der Waals surface area contributed by atoms with Crippen molar-refractivity contribution >= 4 is 22.4 Å². The Hall–Kier alpha value is -1.88. The molecule has 0 spiro atoms. The number of thiazole rings is 1. The fourth-order valence-corrected chi connectivity index (χ4v) is 3.48. The number of fused-ring (bicyclic) bond motifs is 1. The Labute approximate surface area is 128 Å². The maximum absolute atomic E-state index is 11.1. The van der Waals surface area contributed by atoms with Crippen LogP contribution in [0.2, 0.25) is 0 Å². The van der Waals surface area contributed by atoms with Crippen LogP contribution in [0.4, 0.5) is 5.13 Å². The minimum Gasteiger partial charge on any atom is -0.469 e. The predicted octanol–water partition coefficient (Wildman–Crippen LogP) is 2.83. The second kappa shape index (κ2) is 6.26. The van der Waals surface area contributed by atoms with Crippen LogP contribution in [0.25, 0.3) is 0 Å². The third kappa shape index (κ3) is 3.42. The summed E-state index contributed by atoms with van der Waals surface area (Å²) >= 11 is 1.60. The normalized spacial score (nSPS) is 14.0. The van der Waals surface area contributed by atoms with E-state index in [0.29, 0.717) is 18.9 Å². The largest absolute Gasteiger partial charge is 0.469 e. The third-order valence-electron chi connectivity index (χ3n) is 3.74. The van der Waals surface area contributed by atoms with E-state index in [2.05, 4.69) is 39.3 Å². The summed E-state index contributed by atoms with van der Waals surface area (Å²) in [5, 5.41) is 6.45. The van der Waals surface area contributed by atoms with Gasteiger partial charge < -0.3 is 10.1 Å². The van der Waals surface area contributed by atoms with Gasteiger partial charge >= 0.3 is 5.97 Å². The van der Waals surface area contributed by atoms with E-state index in [1.54, 1.807) is 11.3 Å². The van der Waals surface area contributed by atoms with Crippen molar-refractivity contribution in [1.29, 1.82) is 0 Å². The molecule has 0 saturated carbocycles. The van der Waals surface area contributed by atoms with Gasteiger partial charge in [0.05, 0.1) is 19.2 Å². The Bertz CT molecular complexity index is 614. The lowest BCUT2D eigenvalue weighted by Gasteiger charge is -2.09. The summed E-state index contributed by atoms with van der Waals surface area (Å²) in [7, 11) is 1.41. The Morgan fingerprint density at radius 2 is 2.10 bits per heavy atom. The number of nitrogens with zero attached hydrogens (tertiary/aromatic N) is 1. The fourth-order valence-electron chi connectivity index (χ4n) is 2.66. The molecule has 4 nitrogen and oxygen atoms in total. The van der Waals surface area contributed by atoms with Gasteiger partial charge in [0.15, 0.2) is 5.13 Å². The van der Waals surface area contributed by atoms with Crippen molar-refractivity contribution in [2.24, 2.45) is 0 Å². The monoisotopic (exact) mass is 302 g/mol. The molecule has 1 aliphatic rings. The van der Waals surface area contributed by atoms with Gasteiger partial charge in [-0.15, -0.1) is 11.3 Å². The molecular formula is C16H18N2O2S. The molecule has 3 rings (SSSR count). The smallest absolute Gasteiger partial charge is 0.305 e. The molecule has 110 valence electrons. The van der Waals surface area contributed by atoms with Crippen LogP contribution >= 0.6 is 11.3 Å². The van der Waals surface area contributed by atoms with E-state index < -0.39 is 0 Å². The molecule has 0 atom stereocenters. The zero-order valence-corrected chi connectivity index (χ0v) is 12.8. The van der Waals surface area contributed by atoms with Gasteiger partial charge in [0.1, 0.15) is 0 Å². The molecule has 1 aromatic heterocycles. The third-order valence-corrected chi connectivity index (χ3v) is 4.57. The van der Waals surface area contributed by atoms with Gasteiger partial charge in [0, 0.05) is 17.8 Å². The van der Waals surface area contributed by atoms with Gasteiger partial charge in [-0.1, -0.05) is 24.3 Å². The van der Waals surface area contributed by atoms with Gasteiger partial charge in [-0.25, -0.2) is 4.98 Å². The number of carbonyl (C=O) groups is 1. The number of esters is 1. The predicted molar refractivity (Wildman–Crippen MR) is 83.7 cm³/mol. The number of rotatable bonds is 5. The minimum absolute atomic E-state index is 0.191. The first-order valence-corrected chi connectivity index (χ1v) is 7.97. The van der Waals surface area contributed by atoms with Crippen molar-refractivity contribution in [1.82, 2.24) is 4.98 Å². The number of methoxy groups -OCH3 is 1. The highest BCUT2D eigenvalue weighted by Gasteiger charge is 2.21. The summed E-state index contributed by atoms with van der Waals surface area (Å²) in [6, 6.07) is 8.99. The number of hydrogen-bond acceptors (Lipinski definition) is 5. The van der Waals surface area contributed by atoms with E-state index in [1.807, 2.05) is 5.38 Å². The molecule has 0 bridgehead atoms. The number of aromatic nitrogens is 1. The van der Waals surface area contributed by atoms with Crippen molar-refractivity contribution in [2.45, 2.75) is 31.7 Å². The number of ether oxygens (including phenoxy) is 1. The van der Waals surface area contributed by atoms with Crippen LogP contribution in [0.15, 0.2) is 29.6 Å². The van der Waals surface area contributed by atoms with Crippen LogP contribution < -0.4 is 5.32 Å². The lowest BCUT2D eigenvalue weighted by atomic mass is 10.1. The Kier molecular flexibility index (Phi) is 4.20. The van der Waals surface area contributed by atoms with E-state index in [9.17, 15) is 4.79 Å². The summed E-state index contributed by atoms with van der Waals surface area (Å²) in [5.41, 5.74) is 3.80. The van der Waals surface area contributed by atoms with Crippen molar-refractivity contribution in [3.05, 3.63) is 46.5 Å². The van der Waals surface area contributed by atoms with Gasteiger partial charge in [0.2, 0.25) is 0 Å². The number of nitrogens with one attached hydrogen (secondary N) is 1. The summed E-state index contributed by atoms with van der Waals surface area (Å²) in [6.45, 7) is 0. The second-order valence-electron chi connectivity index (χ2n) is 5.24. The van der Waals surface area contributed by atoms with Gasteiger partial charge in [-0.3, -0.25) is 4.79 Å². The van der Waals surface area contributed by atoms with Crippen LogP contribution in [0.5, 0.6) is 0 Å². The SMILES string of the molecule is COC(=O)CCc1csc(NC2Cc3ccccc3C2)n1. The molecule has 1 heterocycles. The lowest BCUT2D eigenvalue weighted by Crippen LogP contribution is -2.19. The van der Waals surface area contributed by atoms with E-state index in [-0.39, 0.29) is 5.97 Å². The summed E-state index contributed by atoms with van der Waals surface area (Å²) in [6.07, 6.45) is 3.12. The zero-order chi connectivity index (χ0) is 14.7. The molecule has 0 saturated heterocycles. The second-order valence-corrected chi connectivity index (χ2v) is 6.10. The number of carbonyl (C=O) groups excluding carboxylic acids is 1. The molecule has 0 aliphatic heterocycles. The molecular weight excluding hydrogens is 284 g/mol.